The van der Waals surface area contributed by atoms with Crippen LogP contribution in [0, 0.1) is 6.92 Å². The molecule has 0 aliphatic rings. The van der Waals surface area contributed by atoms with Gasteiger partial charge in [0.15, 0.2) is 5.96 Å². The molecule has 2 N–H and O–H groups in total. The molecule has 28 heavy (non-hydrogen) atoms. The molecule has 0 saturated carbocycles. The molecule has 2 aromatic carbocycles. The summed E-state index contributed by atoms with van der Waals surface area (Å²) >= 11 is 0. The average molecular weight is 498 g/mol. The fourth-order valence-electron chi connectivity index (χ4n) is 2.57. The molecule has 154 valence electrons. The Kier molecular flexibility index (Phi) is 10.5. The molecule has 0 aromatic heterocycles. The second-order valence-corrected chi connectivity index (χ2v) is 6.38. The molecule has 0 saturated heterocycles. The number of hydrogen-bond acceptors (Lipinski definition) is 4. The van der Waals surface area contributed by atoms with Crippen LogP contribution in [-0.4, -0.2) is 47.4 Å². The van der Waals surface area contributed by atoms with Crippen LogP contribution in [0.1, 0.15) is 11.1 Å². The van der Waals surface area contributed by atoms with Crippen molar-refractivity contribution in [3.05, 3.63) is 53.6 Å². The maximum Gasteiger partial charge on any atom is 0.191 e. The minimum Gasteiger partial charge on any atom is -0.497 e. The minimum absolute atomic E-state index is 0. The Morgan fingerprint density at radius 1 is 1.04 bits per heavy atom. The SMILES string of the molecule is CN=C(NCCOc1ccc(OC)cc1)NCc1ccc(N(C)C)cc1C.I. The van der Waals surface area contributed by atoms with Gasteiger partial charge in [-0.2, -0.15) is 0 Å². The third-order valence-electron chi connectivity index (χ3n) is 4.24. The van der Waals surface area contributed by atoms with Crippen molar-refractivity contribution in [1.82, 2.24) is 10.6 Å². The van der Waals surface area contributed by atoms with Crippen LogP contribution in [0.2, 0.25) is 0 Å². The summed E-state index contributed by atoms with van der Waals surface area (Å²) in [7, 11) is 7.51. The molecule has 0 unspecified atom stereocenters. The molecule has 2 rings (SSSR count). The maximum atomic E-state index is 5.71. The molecule has 0 atom stereocenters. The van der Waals surface area contributed by atoms with Crippen LogP contribution in [0.5, 0.6) is 11.5 Å². The van der Waals surface area contributed by atoms with Crippen molar-refractivity contribution in [3.8, 4) is 11.5 Å². The molecule has 0 radical (unpaired) electrons. The number of anilines is 1. The van der Waals surface area contributed by atoms with Crippen molar-refractivity contribution in [2.24, 2.45) is 4.99 Å². The van der Waals surface area contributed by atoms with E-state index < -0.39 is 0 Å². The Labute approximate surface area is 185 Å². The molecule has 0 aliphatic heterocycles. The van der Waals surface area contributed by atoms with E-state index in [2.05, 4.69) is 45.6 Å². The third-order valence-corrected chi connectivity index (χ3v) is 4.24. The topological polar surface area (TPSA) is 58.1 Å². The summed E-state index contributed by atoms with van der Waals surface area (Å²) in [6.45, 7) is 4.05. The van der Waals surface area contributed by atoms with Gasteiger partial charge >= 0.3 is 0 Å². The zero-order chi connectivity index (χ0) is 19.6. The van der Waals surface area contributed by atoms with Crippen molar-refractivity contribution in [1.29, 1.82) is 0 Å². The molecular weight excluding hydrogens is 467 g/mol. The zero-order valence-corrected chi connectivity index (χ0v) is 19.6. The van der Waals surface area contributed by atoms with E-state index >= 15 is 0 Å². The molecule has 0 fully saturated rings. The molecule has 0 amide bonds. The minimum atomic E-state index is 0. The van der Waals surface area contributed by atoms with E-state index in [-0.39, 0.29) is 24.0 Å². The van der Waals surface area contributed by atoms with Crippen molar-refractivity contribution in [2.75, 3.05) is 46.3 Å². The number of nitrogens with one attached hydrogen (secondary N) is 2. The van der Waals surface area contributed by atoms with Crippen LogP contribution in [0.3, 0.4) is 0 Å². The summed E-state index contributed by atoms with van der Waals surface area (Å²) in [5.74, 6) is 2.39. The molecule has 7 heteroatoms. The number of aryl methyl sites for hydroxylation is 1. The fraction of sp³-hybridized carbons (Fsp3) is 0.381. The summed E-state index contributed by atoms with van der Waals surface area (Å²) in [4.78, 5) is 6.36. The number of methoxy groups -OCH3 is 1. The first kappa shape index (κ1) is 23.9. The molecule has 0 aliphatic carbocycles. The van der Waals surface area contributed by atoms with Gasteiger partial charge in [-0.15, -0.1) is 24.0 Å². The van der Waals surface area contributed by atoms with Crippen LogP contribution in [0.4, 0.5) is 5.69 Å². The molecular formula is C21H31IN4O2. The molecule has 0 bridgehead atoms. The van der Waals surface area contributed by atoms with Gasteiger partial charge in [-0.05, 0) is 54.4 Å². The van der Waals surface area contributed by atoms with E-state index in [1.807, 2.05) is 38.4 Å². The lowest BCUT2D eigenvalue weighted by atomic mass is 10.1. The van der Waals surface area contributed by atoms with Gasteiger partial charge in [-0.1, -0.05) is 6.07 Å². The van der Waals surface area contributed by atoms with Crippen molar-refractivity contribution < 1.29 is 9.47 Å². The van der Waals surface area contributed by atoms with E-state index in [1.54, 1.807) is 14.2 Å². The van der Waals surface area contributed by atoms with Gasteiger partial charge in [0.05, 0.1) is 13.7 Å². The summed E-state index contributed by atoms with van der Waals surface area (Å²) < 4.78 is 10.8. The summed E-state index contributed by atoms with van der Waals surface area (Å²) in [5.41, 5.74) is 3.71. The number of benzene rings is 2. The lowest BCUT2D eigenvalue weighted by Gasteiger charge is -2.16. The van der Waals surface area contributed by atoms with Crippen LogP contribution < -0.4 is 25.0 Å². The second-order valence-electron chi connectivity index (χ2n) is 6.38. The Balaban J connectivity index is 0.00000392. The quantitative estimate of drug-likeness (QED) is 0.253. The molecule has 0 heterocycles. The predicted molar refractivity (Wildman–Crippen MR) is 128 cm³/mol. The highest BCUT2D eigenvalue weighted by molar-refractivity contribution is 14.0. The third kappa shape index (κ3) is 7.46. The average Bonchev–Trinajstić information content (AvgIpc) is 2.68. The Morgan fingerprint density at radius 3 is 2.29 bits per heavy atom. The molecule has 0 spiro atoms. The van der Waals surface area contributed by atoms with E-state index in [1.165, 1.54) is 16.8 Å². The Morgan fingerprint density at radius 2 is 1.71 bits per heavy atom. The Hall–Kier alpha value is -2.16. The number of hydrogen-bond donors (Lipinski definition) is 2. The lowest BCUT2D eigenvalue weighted by molar-refractivity contribution is 0.321. The number of ether oxygens (including phenoxy) is 2. The van der Waals surface area contributed by atoms with Crippen LogP contribution >= 0.6 is 24.0 Å². The molecule has 6 nitrogen and oxygen atoms in total. The zero-order valence-electron chi connectivity index (χ0n) is 17.3. The smallest absolute Gasteiger partial charge is 0.191 e. The van der Waals surface area contributed by atoms with E-state index in [4.69, 9.17) is 9.47 Å². The summed E-state index contributed by atoms with van der Waals surface area (Å²) in [6.07, 6.45) is 0. The van der Waals surface area contributed by atoms with Crippen molar-refractivity contribution in [3.63, 3.8) is 0 Å². The monoisotopic (exact) mass is 498 g/mol. The number of nitrogens with zero attached hydrogens (tertiary/aromatic N) is 2. The highest BCUT2D eigenvalue weighted by Crippen LogP contribution is 2.17. The van der Waals surface area contributed by atoms with Gasteiger partial charge in [0.25, 0.3) is 0 Å². The summed E-state index contributed by atoms with van der Waals surface area (Å²) in [6, 6.07) is 14.0. The van der Waals surface area contributed by atoms with Crippen molar-refractivity contribution >= 4 is 35.6 Å². The van der Waals surface area contributed by atoms with Crippen LogP contribution in [0.25, 0.3) is 0 Å². The predicted octanol–water partition coefficient (Wildman–Crippen LogP) is 3.43. The van der Waals surface area contributed by atoms with Gasteiger partial charge < -0.3 is 25.0 Å². The maximum absolute atomic E-state index is 5.71. The van der Waals surface area contributed by atoms with Gasteiger partial charge in [-0.25, -0.2) is 0 Å². The van der Waals surface area contributed by atoms with E-state index in [9.17, 15) is 0 Å². The van der Waals surface area contributed by atoms with Gasteiger partial charge in [0.1, 0.15) is 18.1 Å². The first-order valence-corrected chi connectivity index (χ1v) is 9.01. The first-order valence-electron chi connectivity index (χ1n) is 9.01. The fourth-order valence-corrected chi connectivity index (χ4v) is 2.57. The molecule has 2 aromatic rings. The second kappa shape index (κ2) is 12.3. The normalized spacial score (nSPS) is 10.7. The van der Waals surface area contributed by atoms with Crippen LogP contribution in [0.15, 0.2) is 47.5 Å². The number of halogens is 1. The van der Waals surface area contributed by atoms with Crippen molar-refractivity contribution in [2.45, 2.75) is 13.5 Å². The lowest BCUT2D eigenvalue weighted by Crippen LogP contribution is -2.39. The highest BCUT2D eigenvalue weighted by Gasteiger charge is 2.04. The van der Waals surface area contributed by atoms with E-state index in [0.717, 1.165) is 24.0 Å². The largest absolute Gasteiger partial charge is 0.497 e. The highest BCUT2D eigenvalue weighted by atomic mass is 127. The standard InChI is InChI=1S/C21H30N4O2.HI/c1-16-14-18(25(3)4)7-6-17(16)15-24-21(22-2)23-12-13-27-20-10-8-19(26-5)9-11-20;/h6-11,14H,12-13,15H2,1-5H3,(H2,22,23,24);1H. The van der Waals surface area contributed by atoms with Gasteiger partial charge in [0.2, 0.25) is 0 Å². The van der Waals surface area contributed by atoms with E-state index in [0.29, 0.717) is 13.2 Å². The Bertz CT molecular complexity index is 749. The van der Waals surface area contributed by atoms with Crippen LogP contribution in [-0.2, 0) is 6.54 Å². The number of guanidine groups is 1. The number of aliphatic imine (C=N–C) groups is 1. The first-order chi connectivity index (χ1) is 13.0. The van der Waals surface area contributed by atoms with Gasteiger partial charge in [-0.3, -0.25) is 4.99 Å². The van der Waals surface area contributed by atoms with Gasteiger partial charge in [0, 0.05) is 33.4 Å². The number of rotatable bonds is 8. The summed E-state index contributed by atoms with van der Waals surface area (Å²) in [5, 5.41) is 6.60.